The molecule has 2 heterocycles. The molecule has 0 saturated heterocycles. The van der Waals surface area contributed by atoms with E-state index in [1.54, 1.807) is 0 Å². The first-order valence-corrected chi connectivity index (χ1v) is 5.00. The van der Waals surface area contributed by atoms with E-state index in [1.807, 2.05) is 0 Å². The Labute approximate surface area is 94.6 Å². The minimum atomic E-state index is -4.27. The molecule has 1 aliphatic rings. The maximum absolute atomic E-state index is 12.6. The lowest BCUT2D eigenvalue weighted by Gasteiger charge is -2.25. The van der Waals surface area contributed by atoms with Crippen molar-refractivity contribution in [1.82, 2.24) is 14.8 Å². The summed E-state index contributed by atoms with van der Waals surface area (Å²) in [5, 5.41) is 7.24. The molecular weight excluding hydrogens is 239 g/mol. The van der Waals surface area contributed by atoms with E-state index in [1.165, 1.54) is 4.57 Å². The van der Waals surface area contributed by atoms with Crippen LogP contribution < -0.4 is 0 Å². The second kappa shape index (κ2) is 4.01. The smallest absolute Gasteiger partial charge is 0.393 e. The number of methoxy groups -OCH3 is 1. The second-order valence-electron chi connectivity index (χ2n) is 3.82. The van der Waals surface area contributed by atoms with Crippen LogP contribution in [0.2, 0.25) is 0 Å². The van der Waals surface area contributed by atoms with Gasteiger partial charge in [-0.05, 0) is 6.42 Å². The zero-order valence-corrected chi connectivity index (χ0v) is 8.99. The summed E-state index contributed by atoms with van der Waals surface area (Å²) in [5.41, 5.74) is 0. The van der Waals surface area contributed by atoms with E-state index in [0.29, 0.717) is 5.82 Å². The molecule has 0 saturated carbocycles. The Kier molecular flexibility index (Phi) is 2.80. The van der Waals surface area contributed by atoms with E-state index in [2.05, 4.69) is 14.9 Å². The summed E-state index contributed by atoms with van der Waals surface area (Å²) in [6.45, 7) is -0.323. The third-order valence-corrected chi connectivity index (χ3v) is 2.78. The molecule has 1 aromatic rings. The summed E-state index contributed by atoms with van der Waals surface area (Å²) in [4.78, 5) is 11.3. The van der Waals surface area contributed by atoms with E-state index in [4.69, 9.17) is 0 Å². The summed E-state index contributed by atoms with van der Waals surface area (Å²) < 4.78 is 43.4. The highest BCUT2D eigenvalue weighted by Gasteiger charge is 2.42. The van der Waals surface area contributed by atoms with E-state index in [9.17, 15) is 18.0 Å². The zero-order chi connectivity index (χ0) is 12.6. The molecule has 0 aliphatic carbocycles. The Bertz CT molecular complexity index is 441. The summed E-state index contributed by atoms with van der Waals surface area (Å²) >= 11 is 0. The number of nitrogens with zero attached hydrogens (tertiary/aromatic N) is 3. The molecule has 0 amide bonds. The molecule has 0 N–H and O–H groups in total. The fraction of sp³-hybridized carbons (Fsp3) is 0.667. The van der Waals surface area contributed by atoms with E-state index < -0.39 is 18.1 Å². The van der Waals surface area contributed by atoms with Gasteiger partial charge in [0.2, 0.25) is 5.82 Å². The fourth-order valence-electron chi connectivity index (χ4n) is 1.84. The minimum Gasteiger partial charge on any atom is -0.463 e. The number of fused-ring (bicyclic) bond motifs is 1. The van der Waals surface area contributed by atoms with Crippen LogP contribution in [-0.2, 0) is 17.7 Å². The van der Waals surface area contributed by atoms with Gasteiger partial charge in [-0.3, -0.25) is 0 Å². The quantitative estimate of drug-likeness (QED) is 0.701. The minimum absolute atomic E-state index is 0.0250. The summed E-state index contributed by atoms with van der Waals surface area (Å²) in [6.07, 6.45) is -4.13. The van der Waals surface area contributed by atoms with Gasteiger partial charge >= 0.3 is 12.1 Å². The topological polar surface area (TPSA) is 57.0 Å². The van der Waals surface area contributed by atoms with Crippen molar-refractivity contribution in [3.05, 3.63) is 11.6 Å². The monoisotopic (exact) mass is 249 g/mol. The maximum atomic E-state index is 12.6. The normalized spacial score (nSPS) is 19.9. The highest BCUT2D eigenvalue weighted by Crippen LogP contribution is 2.34. The third kappa shape index (κ3) is 2.11. The predicted octanol–water partition coefficient (Wildman–Crippen LogP) is 1.19. The van der Waals surface area contributed by atoms with Gasteiger partial charge in [-0.25, -0.2) is 4.79 Å². The molecule has 0 aromatic carbocycles. The van der Waals surface area contributed by atoms with Crippen molar-refractivity contribution in [3.8, 4) is 0 Å². The van der Waals surface area contributed by atoms with Crippen LogP contribution in [0.3, 0.4) is 0 Å². The highest BCUT2D eigenvalue weighted by molar-refractivity contribution is 5.85. The first kappa shape index (κ1) is 11.9. The van der Waals surface area contributed by atoms with Crippen LogP contribution in [0.1, 0.15) is 22.9 Å². The Morgan fingerprint density at radius 1 is 1.47 bits per heavy atom. The number of alkyl halides is 3. The van der Waals surface area contributed by atoms with Crippen LogP contribution in [0.15, 0.2) is 0 Å². The number of rotatable bonds is 1. The second-order valence-corrected chi connectivity index (χ2v) is 3.82. The van der Waals surface area contributed by atoms with Crippen molar-refractivity contribution < 1.29 is 22.7 Å². The lowest BCUT2D eigenvalue weighted by molar-refractivity contribution is -0.182. The van der Waals surface area contributed by atoms with Gasteiger partial charge in [0.05, 0.1) is 13.0 Å². The van der Waals surface area contributed by atoms with Crippen molar-refractivity contribution in [3.63, 3.8) is 0 Å². The molecule has 8 heteroatoms. The van der Waals surface area contributed by atoms with Gasteiger partial charge in [0.1, 0.15) is 5.82 Å². The summed E-state index contributed by atoms with van der Waals surface area (Å²) in [7, 11) is 1.15. The number of carbonyl (C=O) groups is 1. The van der Waals surface area contributed by atoms with Gasteiger partial charge in [-0.15, -0.1) is 10.2 Å². The molecule has 5 nitrogen and oxygen atoms in total. The van der Waals surface area contributed by atoms with Crippen LogP contribution in [0, 0.1) is 5.92 Å². The molecule has 17 heavy (non-hydrogen) atoms. The molecule has 0 bridgehead atoms. The average Bonchev–Trinajstić information content (AvgIpc) is 2.69. The number of ether oxygens (including phenoxy) is 1. The highest BCUT2D eigenvalue weighted by atomic mass is 19.4. The van der Waals surface area contributed by atoms with Gasteiger partial charge < -0.3 is 9.30 Å². The molecule has 0 fully saturated rings. The van der Waals surface area contributed by atoms with Gasteiger partial charge in [-0.2, -0.15) is 13.2 Å². The third-order valence-electron chi connectivity index (χ3n) is 2.78. The predicted molar refractivity (Wildman–Crippen MR) is 49.2 cm³/mol. The molecule has 94 valence electrons. The van der Waals surface area contributed by atoms with E-state index >= 15 is 0 Å². The molecular formula is C9H10F3N3O2. The number of aromatic nitrogens is 3. The standard InChI is InChI=1S/C9H10F3N3O2/c1-17-8(16)7-14-13-6-3-2-5(4-15(6)7)9(10,11)12/h5H,2-4H2,1H3. The molecule has 1 unspecified atom stereocenters. The van der Waals surface area contributed by atoms with Crippen LogP contribution in [-0.4, -0.2) is 34.0 Å². The molecule has 2 rings (SSSR count). The molecule has 0 spiro atoms. The van der Waals surface area contributed by atoms with E-state index in [-0.39, 0.29) is 25.2 Å². The Morgan fingerprint density at radius 3 is 2.76 bits per heavy atom. The SMILES string of the molecule is COC(=O)c1nnc2n1CC(C(F)(F)F)CC2. The van der Waals surface area contributed by atoms with Crippen LogP contribution in [0.5, 0.6) is 0 Å². The molecule has 1 atom stereocenters. The van der Waals surface area contributed by atoms with Crippen LogP contribution in [0.4, 0.5) is 13.2 Å². The van der Waals surface area contributed by atoms with Gasteiger partial charge in [0.15, 0.2) is 0 Å². The number of aryl methyl sites for hydroxylation is 1. The number of esters is 1. The number of carbonyl (C=O) groups excluding carboxylic acids is 1. The lowest BCUT2D eigenvalue weighted by atomic mass is 9.99. The van der Waals surface area contributed by atoms with Crippen molar-refractivity contribution in [2.75, 3.05) is 7.11 Å². The molecule has 1 aliphatic heterocycles. The Balaban J connectivity index is 2.29. The average molecular weight is 249 g/mol. The van der Waals surface area contributed by atoms with Gasteiger partial charge in [-0.1, -0.05) is 0 Å². The summed E-state index contributed by atoms with van der Waals surface area (Å²) in [5.74, 6) is -2.01. The van der Waals surface area contributed by atoms with Gasteiger partial charge in [0, 0.05) is 13.0 Å². The number of hydrogen-bond acceptors (Lipinski definition) is 4. The van der Waals surface area contributed by atoms with Gasteiger partial charge in [0.25, 0.3) is 0 Å². The molecule has 1 aromatic heterocycles. The van der Waals surface area contributed by atoms with Crippen molar-refractivity contribution in [2.45, 2.75) is 25.6 Å². The van der Waals surface area contributed by atoms with E-state index in [0.717, 1.165) is 7.11 Å². The number of hydrogen-bond donors (Lipinski definition) is 0. The maximum Gasteiger partial charge on any atom is 0.393 e. The van der Waals surface area contributed by atoms with Crippen molar-refractivity contribution >= 4 is 5.97 Å². The molecule has 0 radical (unpaired) electrons. The first-order valence-electron chi connectivity index (χ1n) is 5.00. The Morgan fingerprint density at radius 2 is 2.18 bits per heavy atom. The van der Waals surface area contributed by atoms with Crippen molar-refractivity contribution in [2.24, 2.45) is 5.92 Å². The number of halogens is 3. The largest absolute Gasteiger partial charge is 0.463 e. The van der Waals surface area contributed by atoms with Crippen molar-refractivity contribution in [1.29, 1.82) is 0 Å². The fourth-order valence-corrected chi connectivity index (χ4v) is 1.84. The van der Waals surface area contributed by atoms with Crippen LogP contribution >= 0.6 is 0 Å². The van der Waals surface area contributed by atoms with Crippen LogP contribution in [0.25, 0.3) is 0 Å². The zero-order valence-electron chi connectivity index (χ0n) is 8.99. The Hall–Kier alpha value is -1.60. The first-order chi connectivity index (χ1) is 7.93. The lowest BCUT2D eigenvalue weighted by Crippen LogP contribution is -2.33. The summed E-state index contributed by atoms with van der Waals surface area (Å²) in [6, 6.07) is 0.